The third-order valence-corrected chi connectivity index (χ3v) is 11.2. The number of rotatable bonds is 6. The molecule has 3 aromatic heterocycles. The molecular formula is C53H40N6. The maximum absolute atomic E-state index is 10.9. The van der Waals surface area contributed by atoms with Crippen molar-refractivity contribution in [1.82, 2.24) is 14.1 Å². The van der Waals surface area contributed by atoms with Gasteiger partial charge in [-0.2, -0.15) is 5.26 Å². The van der Waals surface area contributed by atoms with Crippen molar-refractivity contribution < 1.29 is 4.57 Å². The number of nitrogens with one attached hydrogen (secondary N) is 1. The molecule has 1 aliphatic rings. The molecule has 0 bridgehead atoms. The monoisotopic (exact) mass is 760 g/mol. The molecular weight excluding hydrogens is 721 g/mol. The van der Waals surface area contributed by atoms with Crippen LogP contribution in [0.3, 0.4) is 0 Å². The van der Waals surface area contributed by atoms with Gasteiger partial charge in [0.25, 0.3) is 6.33 Å². The molecule has 9 aromatic rings. The molecule has 0 saturated carbocycles. The quantitative estimate of drug-likeness (QED) is 0.104. The first-order valence-corrected chi connectivity index (χ1v) is 19.9. The Labute approximate surface area is 343 Å². The van der Waals surface area contributed by atoms with Crippen LogP contribution in [0, 0.1) is 17.7 Å². The summed E-state index contributed by atoms with van der Waals surface area (Å²) in [5.74, 6) is 1.70. The molecule has 4 heterocycles. The second-order valence-corrected chi connectivity index (χ2v) is 15.9. The van der Waals surface area contributed by atoms with Gasteiger partial charge < -0.3 is 5.32 Å². The molecule has 1 aliphatic heterocycles. The topological polar surface area (TPSA) is 62.5 Å². The van der Waals surface area contributed by atoms with Gasteiger partial charge in [-0.25, -0.2) is 4.98 Å². The molecule has 59 heavy (non-hydrogen) atoms. The Balaban J connectivity index is 1.11. The SMILES string of the molecule is CC(C)(C)c1ccnc(-n2c3c(c4ccccc42)C=C/C(=C(\C#N)c2cccc(-n4[c-][n+](-c5c(-c6ccccc6)cccc5-c5ccccc5)c5ccccc54)c2)N3)c1. The lowest BCUT2D eigenvalue weighted by Gasteiger charge is -2.21. The van der Waals surface area contributed by atoms with Crippen molar-refractivity contribution in [2.24, 2.45) is 0 Å². The fraction of sp³-hybridized carbons (Fsp3) is 0.0755. The number of nitrogens with zero attached hydrogens (tertiary/aromatic N) is 5. The second kappa shape index (κ2) is 14.3. The Morgan fingerprint density at radius 3 is 2.07 bits per heavy atom. The Hall–Kier alpha value is -7.75. The molecule has 1 N–H and O–H groups in total. The average molecular weight is 761 g/mol. The first kappa shape index (κ1) is 35.6. The number of fused-ring (bicyclic) bond motifs is 4. The zero-order valence-electron chi connectivity index (χ0n) is 33.1. The second-order valence-electron chi connectivity index (χ2n) is 15.9. The maximum atomic E-state index is 10.9. The van der Waals surface area contributed by atoms with Crippen molar-refractivity contribution in [2.45, 2.75) is 26.2 Å². The lowest BCUT2D eigenvalue weighted by atomic mass is 9.88. The van der Waals surface area contributed by atoms with E-state index in [1.807, 2.05) is 36.5 Å². The molecule has 6 heteroatoms. The van der Waals surface area contributed by atoms with E-state index in [-0.39, 0.29) is 5.41 Å². The number of imidazole rings is 1. The highest BCUT2D eigenvalue weighted by Gasteiger charge is 2.25. The van der Waals surface area contributed by atoms with Crippen LogP contribution in [0.2, 0.25) is 0 Å². The minimum absolute atomic E-state index is 0.0463. The zero-order valence-corrected chi connectivity index (χ0v) is 33.1. The van der Waals surface area contributed by atoms with E-state index in [1.54, 1.807) is 0 Å². The number of nitriles is 1. The van der Waals surface area contributed by atoms with Crippen molar-refractivity contribution in [3.63, 3.8) is 0 Å². The highest BCUT2D eigenvalue weighted by molar-refractivity contribution is 6.01. The molecule has 0 fully saturated rings. The van der Waals surface area contributed by atoms with Crippen LogP contribution < -0.4 is 9.88 Å². The molecule has 0 aliphatic carbocycles. The summed E-state index contributed by atoms with van der Waals surface area (Å²) >= 11 is 0. The molecule has 0 saturated heterocycles. The van der Waals surface area contributed by atoms with Crippen LogP contribution in [0.25, 0.3) is 73.0 Å². The van der Waals surface area contributed by atoms with E-state index in [0.29, 0.717) is 11.3 Å². The third kappa shape index (κ3) is 6.21. The van der Waals surface area contributed by atoms with Crippen LogP contribution >= 0.6 is 0 Å². The van der Waals surface area contributed by atoms with Crippen LogP contribution in [0.5, 0.6) is 0 Å². The minimum atomic E-state index is -0.0463. The van der Waals surface area contributed by atoms with E-state index in [1.165, 1.54) is 5.56 Å². The minimum Gasteiger partial charge on any atom is -0.340 e. The van der Waals surface area contributed by atoms with Crippen molar-refractivity contribution in [2.75, 3.05) is 5.32 Å². The van der Waals surface area contributed by atoms with Crippen molar-refractivity contribution in [3.05, 3.63) is 205 Å². The highest BCUT2D eigenvalue weighted by Crippen LogP contribution is 2.40. The van der Waals surface area contributed by atoms with E-state index in [4.69, 9.17) is 4.98 Å². The van der Waals surface area contributed by atoms with Crippen LogP contribution in [0.15, 0.2) is 182 Å². The molecule has 0 spiro atoms. The van der Waals surface area contributed by atoms with Crippen molar-refractivity contribution in [1.29, 1.82) is 5.26 Å². The van der Waals surface area contributed by atoms with Gasteiger partial charge in [0.1, 0.15) is 17.7 Å². The Kier molecular flexibility index (Phi) is 8.65. The van der Waals surface area contributed by atoms with E-state index in [0.717, 1.165) is 78.3 Å². The number of aromatic nitrogens is 4. The first-order valence-electron chi connectivity index (χ1n) is 19.9. The van der Waals surface area contributed by atoms with Crippen LogP contribution in [-0.2, 0) is 5.41 Å². The highest BCUT2D eigenvalue weighted by atomic mass is 15.2. The summed E-state index contributed by atoms with van der Waals surface area (Å²) < 4.78 is 6.46. The predicted octanol–water partition coefficient (Wildman–Crippen LogP) is 12.1. The largest absolute Gasteiger partial charge is 0.340 e. The van der Waals surface area contributed by atoms with Gasteiger partial charge in [-0.3, -0.25) is 13.7 Å². The first-order chi connectivity index (χ1) is 28.9. The molecule has 6 nitrogen and oxygen atoms in total. The van der Waals surface area contributed by atoms with Gasteiger partial charge in [-0.1, -0.05) is 154 Å². The predicted molar refractivity (Wildman–Crippen MR) is 239 cm³/mol. The van der Waals surface area contributed by atoms with Gasteiger partial charge in [-0.15, -0.1) is 0 Å². The Morgan fingerprint density at radius 1 is 0.695 bits per heavy atom. The number of pyridine rings is 1. The number of para-hydroxylation sites is 4. The van der Waals surface area contributed by atoms with Gasteiger partial charge in [0.2, 0.25) is 0 Å². The smallest absolute Gasteiger partial charge is 0.269 e. The molecule has 282 valence electrons. The maximum Gasteiger partial charge on any atom is 0.269 e. The van der Waals surface area contributed by atoms with Gasteiger partial charge in [-0.05, 0) is 81.3 Å². The summed E-state index contributed by atoms with van der Waals surface area (Å²) in [7, 11) is 0. The number of benzene rings is 6. The molecule has 0 amide bonds. The van der Waals surface area contributed by atoms with Gasteiger partial charge >= 0.3 is 0 Å². The molecule has 0 atom stereocenters. The van der Waals surface area contributed by atoms with Crippen molar-refractivity contribution in [3.8, 4) is 45.5 Å². The number of hydrogen-bond donors (Lipinski definition) is 1. The summed E-state index contributed by atoms with van der Waals surface area (Å²) in [5, 5.41) is 15.7. The van der Waals surface area contributed by atoms with Crippen LogP contribution in [0.1, 0.15) is 37.5 Å². The molecule has 0 unspecified atom stereocenters. The van der Waals surface area contributed by atoms with Crippen molar-refractivity contribution >= 4 is 39.4 Å². The van der Waals surface area contributed by atoms with E-state index >= 15 is 0 Å². The summed E-state index contributed by atoms with van der Waals surface area (Å²) in [5.41, 5.74) is 13.7. The molecule has 0 radical (unpaired) electrons. The van der Waals surface area contributed by atoms with E-state index < -0.39 is 0 Å². The lowest BCUT2D eigenvalue weighted by molar-refractivity contribution is -0.571. The summed E-state index contributed by atoms with van der Waals surface area (Å²) in [4.78, 5) is 4.85. The normalized spacial score (nSPS) is 13.3. The molecule has 6 aromatic carbocycles. The van der Waals surface area contributed by atoms with Gasteiger partial charge in [0.05, 0.1) is 39.2 Å². The summed E-state index contributed by atoms with van der Waals surface area (Å²) in [6.07, 6.45) is 9.78. The van der Waals surface area contributed by atoms with Crippen LogP contribution in [0.4, 0.5) is 5.82 Å². The standard InChI is InChI=1S/C53H40N6/c1-53(2,3)39-30-31-55-50(33-39)59-47-25-11-10-22-43(47)44-28-29-46(56-52(44)59)45(34-54)38-20-14-21-40(32-38)57-35-58(49-27-13-12-26-48(49)57)51-41(36-16-6-4-7-17-36)23-15-24-42(51)37-18-8-5-9-19-37/h4-33,56H,1-3H3/b46-45-. The summed E-state index contributed by atoms with van der Waals surface area (Å²) in [6.45, 7) is 6.64. The zero-order chi connectivity index (χ0) is 40.1. The fourth-order valence-corrected chi connectivity index (χ4v) is 8.27. The average Bonchev–Trinajstić information content (AvgIpc) is 3.83. The number of anilines is 1. The number of allylic oxidation sites excluding steroid dienone is 2. The van der Waals surface area contributed by atoms with Crippen LogP contribution in [-0.4, -0.2) is 14.1 Å². The third-order valence-electron chi connectivity index (χ3n) is 11.2. The summed E-state index contributed by atoms with van der Waals surface area (Å²) in [6, 6.07) is 59.3. The Bertz CT molecular complexity index is 3110. The number of hydrogen-bond acceptors (Lipinski definition) is 3. The van der Waals surface area contributed by atoms with Gasteiger partial charge in [0.15, 0.2) is 0 Å². The van der Waals surface area contributed by atoms with E-state index in [9.17, 15) is 5.26 Å². The van der Waals surface area contributed by atoms with Gasteiger partial charge in [0, 0.05) is 17.1 Å². The lowest BCUT2D eigenvalue weighted by Crippen LogP contribution is -2.31. The van der Waals surface area contributed by atoms with E-state index in [2.05, 4.69) is 198 Å². The molecule has 10 rings (SSSR count). The Morgan fingerprint density at radius 2 is 1.36 bits per heavy atom. The fourth-order valence-electron chi connectivity index (χ4n) is 8.27.